The summed E-state index contributed by atoms with van der Waals surface area (Å²) >= 11 is 0. The van der Waals surface area contributed by atoms with E-state index in [0.717, 1.165) is 38.8 Å². The van der Waals surface area contributed by atoms with E-state index in [1.165, 1.54) is 6.42 Å². The van der Waals surface area contributed by atoms with Crippen molar-refractivity contribution in [2.24, 2.45) is 5.92 Å². The highest BCUT2D eigenvalue weighted by atomic mass is 16.3. The molecular weight excluding hydrogens is 228 g/mol. The summed E-state index contributed by atoms with van der Waals surface area (Å²) in [5, 5.41) is 12.3. The number of amides is 1. The number of nitrogens with zero attached hydrogens (tertiary/aromatic N) is 1. The predicted molar refractivity (Wildman–Crippen MR) is 73.4 cm³/mol. The van der Waals surface area contributed by atoms with Gasteiger partial charge in [-0.15, -0.1) is 0 Å². The third-order valence-corrected chi connectivity index (χ3v) is 3.60. The standard InChI is InChI=1S/C14H28N2O2/c1-12(2)7-8-15-14(18)10-16-9-5-3-4-6-13(16)11-17/h12-13,17H,3-11H2,1-2H3,(H,15,18). The zero-order valence-corrected chi connectivity index (χ0v) is 11.8. The molecular formula is C14H28N2O2. The van der Waals surface area contributed by atoms with Gasteiger partial charge in [0.2, 0.25) is 5.91 Å². The molecule has 0 saturated carbocycles. The lowest BCUT2D eigenvalue weighted by molar-refractivity contribution is -0.123. The van der Waals surface area contributed by atoms with Gasteiger partial charge in [-0.3, -0.25) is 9.69 Å². The molecule has 4 nitrogen and oxygen atoms in total. The van der Waals surface area contributed by atoms with E-state index >= 15 is 0 Å². The predicted octanol–water partition coefficient (Wildman–Crippen LogP) is 1.39. The molecule has 1 atom stereocenters. The van der Waals surface area contributed by atoms with Crippen LogP contribution in [0.3, 0.4) is 0 Å². The third kappa shape index (κ3) is 5.83. The Morgan fingerprint density at radius 3 is 2.83 bits per heavy atom. The highest BCUT2D eigenvalue weighted by molar-refractivity contribution is 5.78. The first kappa shape index (κ1) is 15.4. The molecule has 1 unspecified atom stereocenters. The van der Waals surface area contributed by atoms with Crippen molar-refractivity contribution in [2.75, 3.05) is 26.2 Å². The normalized spacial score (nSPS) is 21.9. The molecule has 1 aliphatic rings. The molecule has 4 heteroatoms. The molecule has 0 aromatic rings. The van der Waals surface area contributed by atoms with Crippen molar-refractivity contribution in [3.63, 3.8) is 0 Å². The van der Waals surface area contributed by atoms with Gasteiger partial charge >= 0.3 is 0 Å². The summed E-state index contributed by atoms with van der Waals surface area (Å²) in [6, 6.07) is 0.170. The van der Waals surface area contributed by atoms with Gasteiger partial charge < -0.3 is 10.4 Å². The molecule has 106 valence electrons. The maximum absolute atomic E-state index is 11.8. The van der Waals surface area contributed by atoms with Gasteiger partial charge in [0.25, 0.3) is 0 Å². The average molecular weight is 256 g/mol. The number of hydrogen-bond donors (Lipinski definition) is 2. The molecule has 0 aromatic heterocycles. The SMILES string of the molecule is CC(C)CCNC(=O)CN1CCCCCC1CO. The Kier molecular flexibility index (Phi) is 7.28. The Morgan fingerprint density at radius 2 is 2.17 bits per heavy atom. The van der Waals surface area contributed by atoms with E-state index in [1.807, 2.05) is 0 Å². The van der Waals surface area contributed by atoms with Crippen molar-refractivity contribution in [2.45, 2.75) is 52.0 Å². The lowest BCUT2D eigenvalue weighted by Crippen LogP contribution is -2.44. The van der Waals surface area contributed by atoms with Crippen molar-refractivity contribution >= 4 is 5.91 Å². The van der Waals surface area contributed by atoms with Crippen LogP contribution >= 0.6 is 0 Å². The number of likely N-dealkylation sites (tertiary alicyclic amines) is 1. The highest BCUT2D eigenvalue weighted by Gasteiger charge is 2.21. The van der Waals surface area contributed by atoms with Gasteiger partial charge in [-0.05, 0) is 31.7 Å². The molecule has 1 rings (SSSR count). The van der Waals surface area contributed by atoms with Crippen LogP contribution in [0.1, 0.15) is 46.0 Å². The van der Waals surface area contributed by atoms with Gasteiger partial charge in [0.05, 0.1) is 13.2 Å². The largest absolute Gasteiger partial charge is 0.395 e. The van der Waals surface area contributed by atoms with E-state index in [-0.39, 0.29) is 18.6 Å². The Balaban J connectivity index is 2.31. The van der Waals surface area contributed by atoms with Crippen LogP contribution in [0.15, 0.2) is 0 Å². The van der Waals surface area contributed by atoms with Gasteiger partial charge in [-0.2, -0.15) is 0 Å². The number of carbonyl (C=O) groups is 1. The van der Waals surface area contributed by atoms with Crippen LogP contribution in [0.4, 0.5) is 0 Å². The first-order chi connectivity index (χ1) is 8.63. The molecule has 1 fully saturated rings. The first-order valence-electron chi connectivity index (χ1n) is 7.25. The molecule has 1 aliphatic heterocycles. The van der Waals surface area contributed by atoms with E-state index < -0.39 is 0 Å². The first-order valence-corrected chi connectivity index (χ1v) is 7.25. The lowest BCUT2D eigenvalue weighted by atomic mass is 10.1. The van der Waals surface area contributed by atoms with E-state index in [0.29, 0.717) is 12.5 Å². The third-order valence-electron chi connectivity index (χ3n) is 3.60. The van der Waals surface area contributed by atoms with Gasteiger partial charge in [0.1, 0.15) is 0 Å². The average Bonchev–Trinajstić information content (AvgIpc) is 2.53. The zero-order chi connectivity index (χ0) is 13.4. The number of carbonyl (C=O) groups excluding carboxylic acids is 1. The fourth-order valence-corrected chi connectivity index (χ4v) is 2.39. The fourth-order valence-electron chi connectivity index (χ4n) is 2.39. The second-order valence-corrected chi connectivity index (χ2v) is 5.69. The van der Waals surface area contributed by atoms with Crippen molar-refractivity contribution in [1.82, 2.24) is 10.2 Å². The van der Waals surface area contributed by atoms with Gasteiger partial charge in [-0.25, -0.2) is 0 Å². The summed E-state index contributed by atoms with van der Waals surface area (Å²) < 4.78 is 0. The second kappa shape index (κ2) is 8.48. The molecule has 2 N–H and O–H groups in total. The highest BCUT2D eigenvalue weighted by Crippen LogP contribution is 2.15. The van der Waals surface area contributed by atoms with E-state index in [1.54, 1.807) is 0 Å². The number of aliphatic hydroxyl groups is 1. The minimum Gasteiger partial charge on any atom is -0.395 e. The minimum atomic E-state index is 0.0935. The Morgan fingerprint density at radius 1 is 1.39 bits per heavy atom. The van der Waals surface area contributed by atoms with Crippen LogP contribution in [0.25, 0.3) is 0 Å². The summed E-state index contributed by atoms with van der Waals surface area (Å²) in [6.45, 7) is 6.60. The monoisotopic (exact) mass is 256 g/mol. The molecule has 0 radical (unpaired) electrons. The quantitative estimate of drug-likeness (QED) is 0.755. The summed E-state index contributed by atoms with van der Waals surface area (Å²) in [6.07, 6.45) is 5.54. The van der Waals surface area contributed by atoms with Gasteiger partial charge in [0, 0.05) is 12.6 Å². The second-order valence-electron chi connectivity index (χ2n) is 5.69. The number of nitrogens with one attached hydrogen (secondary N) is 1. The summed E-state index contributed by atoms with van der Waals surface area (Å²) in [7, 11) is 0. The van der Waals surface area contributed by atoms with Crippen molar-refractivity contribution in [3.8, 4) is 0 Å². The Hall–Kier alpha value is -0.610. The number of hydrogen-bond acceptors (Lipinski definition) is 3. The summed E-state index contributed by atoms with van der Waals surface area (Å²) in [5.74, 6) is 0.713. The topological polar surface area (TPSA) is 52.6 Å². The van der Waals surface area contributed by atoms with Crippen LogP contribution in [0.5, 0.6) is 0 Å². The van der Waals surface area contributed by atoms with Crippen molar-refractivity contribution < 1.29 is 9.90 Å². The molecule has 1 saturated heterocycles. The van der Waals surface area contributed by atoms with Crippen molar-refractivity contribution in [1.29, 1.82) is 0 Å². The molecule has 0 bridgehead atoms. The fraction of sp³-hybridized carbons (Fsp3) is 0.929. The van der Waals surface area contributed by atoms with E-state index in [9.17, 15) is 9.90 Å². The van der Waals surface area contributed by atoms with Crippen LogP contribution in [-0.2, 0) is 4.79 Å². The van der Waals surface area contributed by atoms with Crippen LogP contribution in [-0.4, -0.2) is 48.2 Å². The van der Waals surface area contributed by atoms with Crippen molar-refractivity contribution in [3.05, 3.63) is 0 Å². The van der Waals surface area contributed by atoms with Crippen LogP contribution < -0.4 is 5.32 Å². The molecule has 0 spiro atoms. The minimum absolute atomic E-state index is 0.0935. The van der Waals surface area contributed by atoms with E-state index in [2.05, 4.69) is 24.1 Å². The van der Waals surface area contributed by atoms with Crippen LogP contribution in [0.2, 0.25) is 0 Å². The summed E-state index contributed by atoms with van der Waals surface area (Å²) in [4.78, 5) is 14.0. The number of rotatable bonds is 6. The van der Waals surface area contributed by atoms with Gasteiger partial charge in [0.15, 0.2) is 0 Å². The van der Waals surface area contributed by atoms with Gasteiger partial charge in [-0.1, -0.05) is 26.7 Å². The molecule has 18 heavy (non-hydrogen) atoms. The smallest absolute Gasteiger partial charge is 0.234 e. The molecule has 1 heterocycles. The summed E-state index contributed by atoms with van der Waals surface area (Å²) in [5.41, 5.74) is 0. The Labute approximate surface area is 111 Å². The maximum atomic E-state index is 11.8. The maximum Gasteiger partial charge on any atom is 0.234 e. The molecule has 0 aliphatic carbocycles. The Bertz CT molecular complexity index is 244. The number of aliphatic hydroxyl groups excluding tert-OH is 1. The van der Waals surface area contributed by atoms with E-state index in [4.69, 9.17) is 0 Å². The zero-order valence-electron chi connectivity index (χ0n) is 11.8. The molecule has 1 amide bonds. The molecule has 0 aromatic carbocycles. The van der Waals surface area contributed by atoms with Crippen LogP contribution in [0, 0.1) is 5.92 Å². The lowest BCUT2D eigenvalue weighted by Gasteiger charge is -2.27.